The standard InChI is InChI=1S/C17H13F2NO.C16H11F2NO2/c1-11(21)12-3-5-17-13(8-12)6-7-20(17)10-14-2-4-15(18)9-16(14)19;17-13-3-1-12(14(18)8-13)9-19-6-5-10-7-11(16(20)21)2-4-15(10)19/h2-9H,10H2,1H3;1-8H,9H2,(H,20,21). The lowest BCUT2D eigenvalue weighted by Crippen LogP contribution is -2.01. The van der Waals surface area contributed by atoms with Crippen molar-refractivity contribution in [1.29, 1.82) is 0 Å². The smallest absolute Gasteiger partial charge is 0.335 e. The topological polar surface area (TPSA) is 64.2 Å². The molecule has 0 unspecified atom stereocenters. The van der Waals surface area contributed by atoms with Crippen LogP contribution in [0.5, 0.6) is 0 Å². The van der Waals surface area contributed by atoms with Crippen molar-refractivity contribution in [3.8, 4) is 0 Å². The number of fused-ring (bicyclic) bond motifs is 2. The average molecular weight is 573 g/mol. The molecule has 6 rings (SSSR count). The van der Waals surface area contributed by atoms with Crippen LogP contribution >= 0.6 is 0 Å². The fourth-order valence-electron chi connectivity index (χ4n) is 4.69. The Bertz CT molecular complexity index is 1820. The van der Waals surface area contributed by atoms with Crippen LogP contribution in [0.15, 0.2) is 97.3 Å². The molecule has 0 atom stereocenters. The molecular formula is C33H24F4N2O3. The summed E-state index contributed by atoms with van der Waals surface area (Å²) >= 11 is 0. The fourth-order valence-corrected chi connectivity index (χ4v) is 4.69. The lowest BCUT2D eigenvalue weighted by Gasteiger charge is -2.07. The minimum atomic E-state index is -0.991. The van der Waals surface area contributed by atoms with E-state index in [1.165, 1.54) is 37.3 Å². The summed E-state index contributed by atoms with van der Waals surface area (Å²) in [6.45, 7) is 2.09. The van der Waals surface area contributed by atoms with Crippen molar-refractivity contribution in [3.63, 3.8) is 0 Å². The van der Waals surface area contributed by atoms with Crippen LogP contribution in [0.1, 0.15) is 38.8 Å². The lowest BCUT2D eigenvalue weighted by molar-refractivity contribution is 0.0696. The van der Waals surface area contributed by atoms with Gasteiger partial charge in [-0.05, 0) is 67.6 Å². The van der Waals surface area contributed by atoms with Crippen molar-refractivity contribution >= 4 is 33.6 Å². The maximum absolute atomic E-state index is 13.7. The number of hydrogen-bond acceptors (Lipinski definition) is 2. The molecule has 5 nitrogen and oxygen atoms in total. The Hall–Kier alpha value is -5.18. The Kier molecular flexibility index (Phi) is 7.93. The SMILES string of the molecule is CC(=O)c1ccc2c(ccn2Cc2ccc(F)cc2F)c1.O=C(O)c1ccc2c(ccn2Cc2ccc(F)cc2F)c1. The summed E-state index contributed by atoms with van der Waals surface area (Å²) in [6.07, 6.45) is 3.58. The fraction of sp³-hybridized carbons (Fsp3) is 0.0909. The van der Waals surface area contributed by atoms with Crippen molar-refractivity contribution in [2.75, 3.05) is 0 Å². The molecule has 9 heteroatoms. The quantitative estimate of drug-likeness (QED) is 0.163. The number of aromatic nitrogens is 2. The highest BCUT2D eigenvalue weighted by molar-refractivity contribution is 5.98. The number of Topliss-reactive ketones (excluding diaryl/α,β-unsaturated/α-hetero) is 1. The highest BCUT2D eigenvalue weighted by Gasteiger charge is 2.10. The molecule has 0 saturated carbocycles. The molecule has 1 N–H and O–H groups in total. The number of carboxylic acids is 1. The van der Waals surface area contributed by atoms with E-state index in [-0.39, 0.29) is 17.9 Å². The lowest BCUT2D eigenvalue weighted by atomic mass is 10.1. The minimum Gasteiger partial charge on any atom is -0.478 e. The number of carbonyl (C=O) groups is 2. The summed E-state index contributed by atoms with van der Waals surface area (Å²) in [5.41, 5.74) is 3.34. The third kappa shape index (κ3) is 6.10. The van der Waals surface area contributed by atoms with E-state index in [1.54, 1.807) is 35.0 Å². The van der Waals surface area contributed by atoms with Crippen LogP contribution in [-0.4, -0.2) is 26.0 Å². The predicted molar refractivity (Wildman–Crippen MR) is 152 cm³/mol. The van der Waals surface area contributed by atoms with E-state index in [9.17, 15) is 27.2 Å². The van der Waals surface area contributed by atoms with Gasteiger partial charge in [0, 0.05) is 63.0 Å². The Morgan fingerprint density at radius 1 is 0.619 bits per heavy atom. The first kappa shape index (κ1) is 28.4. The Morgan fingerprint density at radius 3 is 1.50 bits per heavy atom. The second-order valence-corrected chi connectivity index (χ2v) is 9.77. The van der Waals surface area contributed by atoms with Gasteiger partial charge >= 0.3 is 5.97 Å². The second-order valence-electron chi connectivity index (χ2n) is 9.77. The van der Waals surface area contributed by atoms with Crippen molar-refractivity contribution in [2.45, 2.75) is 20.0 Å². The van der Waals surface area contributed by atoms with Gasteiger partial charge in [-0.2, -0.15) is 0 Å². The molecule has 6 aromatic rings. The van der Waals surface area contributed by atoms with Crippen LogP contribution in [0.3, 0.4) is 0 Å². The number of benzene rings is 4. The van der Waals surface area contributed by atoms with Gasteiger partial charge in [-0.3, -0.25) is 4.79 Å². The highest BCUT2D eigenvalue weighted by Crippen LogP contribution is 2.22. The molecule has 0 bridgehead atoms. The molecule has 0 aliphatic rings. The van der Waals surface area contributed by atoms with E-state index in [1.807, 2.05) is 29.0 Å². The van der Waals surface area contributed by atoms with E-state index < -0.39 is 29.2 Å². The molecule has 42 heavy (non-hydrogen) atoms. The number of nitrogens with zero attached hydrogens (tertiary/aromatic N) is 2. The van der Waals surface area contributed by atoms with E-state index >= 15 is 0 Å². The number of aromatic carboxylic acids is 1. The van der Waals surface area contributed by atoms with Crippen LogP contribution in [0.25, 0.3) is 21.8 Å². The average Bonchev–Trinajstić information content (AvgIpc) is 3.55. The highest BCUT2D eigenvalue weighted by atomic mass is 19.1. The zero-order chi connectivity index (χ0) is 30.0. The van der Waals surface area contributed by atoms with Gasteiger partial charge in [0.2, 0.25) is 0 Å². The first-order valence-electron chi connectivity index (χ1n) is 12.9. The minimum absolute atomic E-state index is 0.00855. The molecule has 4 aromatic carbocycles. The number of carboxylic acid groups (broad SMARTS) is 1. The molecule has 2 aromatic heterocycles. The van der Waals surface area contributed by atoms with Gasteiger partial charge in [0.1, 0.15) is 23.3 Å². The summed E-state index contributed by atoms with van der Waals surface area (Å²) in [7, 11) is 0. The van der Waals surface area contributed by atoms with E-state index in [4.69, 9.17) is 5.11 Å². The van der Waals surface area contributed by atoms with Gasteiger partial charge in [0.05, 0.1) is 18.7 Å². The van der Waals surface area contributed by atoms with Gasteiger partial charge in [-0.1, -0.05) is 12.1 Å². The van der Waals surface area contributed by atoms with E-state index in [2.05, 4.69) is 0 Å². The van der Waals surface area contributed by atoms with Gasteiger partial charge in [0.25, 0.3) is 0 Å². The molecule has 0 saturated heterocycles. The molecule has 212 valence electrons. The number of halogens is 4. The largest absolute Gasteiger partial charge is 0.478 e. The summed E-state index contributed by atoms with van der Waals surface area (Å²) in [6, 6.07) is 20.8. The maximum Gasteiger partial charge on any atom is 0.335 e. The summed E-state index contributed by atoms with van der Waals surface area (Å²) in [5.74, 6) is -3.33. The van der Waals surface area contributed by atoms with Crippen LogP contribution < -0.4 is 0 Å². The number of rotatable bonds is 6. The van der Waals surface area contributed by atoms with Crippen LogP contribution in [0.2, 0.25) is 0 Å². The number of ketones is 1. The second kappa shape index (κ2) is 11.7. The van der Waals surface area contributed by atoms with Gasteiger partial charge in [-0.25, -0.2) is 22.4 Å². The first-order chi connectivity index (χ1) is 20.1. The summed E-state index contributed by atoms with van der Waals surface area (Å²) in [4.78, 5) is 22.3. The van der Waals surface area contributed by atoms with E-state index in [0.717, 1.165) is 33.9 Å². The number of carbonyl (C=O) groups excluding carboxylic acids is 1. The summed E-state index contributed by atoms with van der Waals surface area (Å²) in [5, 5.41) is 10.6. The molecule has 0 aliphatic heterocycles. The molecule has 0 amide bonds. The van der Waals surface area contributed by atoms with Crippen LogP contribution in [-0.2, 0) is 13.1 Å². The third-order valence-electron chi connectivity index (χ3n) is 6.91. The molecule has 0 radical (unpaired) electrons. The molecule has 0 aliphatic carbocycles. The molecular weight excluding hydrogens is 548 g/mol. The monoisotopic (exact) mass is 572 g/mol. The van der Waals surface area contributed by atoms with Gasteiger partial charge in [0.15, 0.2) is 5.78 Å². The number of hydrogen-bond donors (Lipinski definition) is 1. The predicted octanol–water partition coefficient (Wildman–Crippen LogP) is 7.84. The van der Waals surface area contributed by atoms with Gasteiger partial charge in [-0.15, -0.1) is 0 Å². The Labute approximate surface area is 237 Å². The van der Waals surface area contributed by atoms with Crippen molar-refractivity contribution < 1.29 is 32.3 Å². The molecule has 0 spiro atoms. The van der Waals surface area contributed by atoms with E-state index in [0.29, 0.717) is 23.2 Å². The molecule has 0 fully saturated rings. The zero-order valence-electron chi connectivity index (χ0n) is 22.3. The van der Waals surface area contributed by atoms with Crippen molar-refractivity contribution in [3.05, 3.63) is 143 Å². The van der Waals surface area contributed by atoms with Gasteiger partial charge < -0.3 is 14.2 Å². The normalized spacial score (nSPS) is 11.0. The zero-order valence-corrected chi connectivity index (χ0v) is 22.3. The first-order valence-corrected chi connectivity index (χ1v) is 12.9. The third-order valence-corrected chi connectivity index (χ3v) is 6.91. The summed E-state index contributed by atoms with van der Waals surface area (Å²) < 4.78 is 56.9. The van der Waals surface area contributed by atoms with Crippen LogP contribution in [0, 0.1) is 23.3 Å². The maximum atomic E-state index is 13.7. The molecule has 2 heterocycles. The Morgan fingerprint density at radius 2 is 1.07 bits per heavy atom. The Balaban J connectivity index is 0.000000168. The van der Waals surface area contributed by atoms with Crippen molar-refractivity contribution in [2.24, 2.45) is 0 Å². The van der Waals surface area contributed by atoms with Crippen molar-refractivity contribution in [1.82, 2.24) is 9.13 Å². The van der Waals surface area contributed by atoms with Crippen LogP contribution in [0.4, 0.5) is 17.6 Å².